The highest BCUT2D eigenvalue weighted by Gasteiger charge is 2.28. The minimum atomic E-state index is 0.117. The molecule has 2 rings (SSSR count). The Balaban J connectivity index is 2.61. The van der Waals surface area contributed by atoms with Crippen LogP contribution in [0.1, 0.15) is 52.7 Å². The summed E-state index contributed by atoms with van der Waals surface area (Å²) >= 11 is 0. The van der Waals surface area contributed by atoms with E-state index in [0.717, 1.165) is 5.75 Å². The second-order valence-corrected chi connectivity index (χ2v) is 7.11. The van der Waals surface area contributed by atoms with Crippen LogP contribution in [0.25, 0.3) is 5.57 Å². The van der Waals surface area contributed by atoms with Crippen LogP contribution in [-0.4, -0.2) is 6.61 Å². The van der Waals surface area contributed by atoms with Crippen molar-refractivity contribution in [3.05, 3.63) is 35.4 Å². The third kappa shape index (κ3) is 2.31. The minimum Gasteiger partial charge on any atom is -0.489 e. The molecular weight excluding hydrogens is 220 g/mol. The summed E-state index contributed by atoms with van der Waals surface area (Å²) in [7, 11) is 0. The molecule has 0 spiro atoms. The number of hydrogen-bond acceptors (Lipinski definition) is 1. The first kappa shape index (κ1) is 13.2. The Morgan fingerprint density at radius 1 is 0.944 bits per heavy atom. The molecule has 1 aliphatic heterocycles. The topological polar surface area (TPSA) is 9.23 Å². The molecule has 0 saturated heterocycles. The van der Waals surface area contributed by atoms with Crippen LogP contribution in [0.5, 0.6) is 5.75 Å². The zero-order chi connectivity index (χ0) is 13.6. The lowest BCUT2D eigenvalue weighted by atomic mass is 9.77. The van der Waals surface area contributed by atoms with E-state index in [9.17, 15) is 0 Å². The number of para-hydroxylation sites is 1. The molecule has 18 heavy (non-hydrogen) atoms. The second kappa shape index (κ2) is 4.15. The number of fused-ring (bicyclic) bond motifs is 1. The first-order valence-corrected chi connectivity index (χ1v) is 6.68. The zero-order valence-corrected chi connectivity index (χ0v) is 12.4. The molecule has 0 bridgehead atoms. The Morgan fingerprint density at radius 3 is 2.17 bits per heavy atom. The monoisotopic (exact) mass is 244 g/mol. The molecule has 0 fully saturated rings. The lowest BCUT2D eigenvalue weighted by Crippen LogP contribution is -2.19. The summed E-state index contributed by atoms with van der Waals surface area (Å²) in [6, 6.07) is 6.51. The van der Waals surface area contributed by atoms with Gasteiger partial charge in [-0.3, -0.25) is 0 Å². The van der Waals surface area contributed by atoms with Gasteiger partial charge < -0.3 is 4.74 Å². The fourth-order valence-electron chi connectivity index (χ4n) is 2.52. The maximum absolute atomic E-state index is 5.93. The van der Waals surface area contributed by atoms with E-state index >= 15 is 0 Å². The third-order valence-corrected chi connectivity index (χ3v) is 3.44. The number of rotatable bonds is 0. The van der Waals surface area contributed by atoms with Crippen molar-refractivity contribution in [1.29, 1.82) is 0 Å². The highest BCUT2D eigenvalue weighted by molar-refractivity contribution is 5.76. The number of allylic oxidation sites excluding steroid dienone is 1. The van der Waals surface area contributed by atoms with Crippen molar-refractivity contribution in [3.63, 3.8) is 0 Å². The van der Waals surface area contributed by atoms with Crippen molar-refractivity contribution in [2.75, 3.05) is 6.61 Å². The van der Waals surface area contributed by atoms with E-state index in [1.807, 2.05) is 0 Å². The van der Waals surface area contributed by atoms with Crippen molar-refractivity contribution in [2.24, 2.45) is 5.41 Å². The molecule has 1 aromatic rings. The number of benzene rings is 1. The molecule has 0 aliphatic carbocycles. The molecule has 0 radical (unpaired) electrons. The Bertz CT molecular complexity index is 481. The van der Waals surface area contributed by atoms with Crippen LogP contribution >= 0.6 is 0 Å². The summed E-state index contributed by atoms with van der Waals surface area (Å²) in [6.07, 6.45) is 2.22. The molecule has 1 aliphatic rings. The Kier molecular flexibility index (Phi) is 3.04. The maximum Gasteiger partial charge on any atom is 0.131 e. The van der Waals surface area contributed by atoms with Crippen LogP contribution in [0.3, 0.4) is 0 Å². The lowest BCUT2D eigenvalue weighted by Gasteiger charge is -2.32. The molecule has 0 aromatic heterocycles. The van der Waals surface area contributed by atoms with Gasteiger partial charge in [0.1, 0.15) is 12.4 Å². The molecule has 0 atom stereocenters. The summed E-state index contributed by atoms with van der Waals surface area (Å²) in [6.45, 7) is 14.2. The van der Waals surface area contributed by atoms with Gasteiger partial charge in [-0.25, -0.2) is 0 Å². The van der Waals surface area contributed by atoms with E-state index in [1.165, 1.54) is 16.7 Å². The van der Waals surface area contributed by atoms with Crippen LogP contribution in [0.2, 0.25) is 0 Å². The van der Waals surface area contributed by atoms with E-state index < -0.39 is 0 Å². The summed E-state index contributed by atoms with van der Waals surface area (Å²) in [4.78, 5) is 0. The molecule has 1 aromatic carbocycles. The van der Waals surface area contributed by atoms with Crippen LogP contribution in [0.15, 0.2) is 24.3 Å². The normalized spacial score (nSPS) is 15.8. The zero-order valence-electron chi connectivity index (χ0n) is 12.4. The van der Waals surface area contributed by atoms with Crippen molar-refractivity contribution >= 4 is 5.57 Å². The van der Waals surface area contributed by atoms with E-state index in [-0.39, 0.29) is 10.8 Å². The van der Waals surface area contributed by atoms with E-state index in [4.69, 9.17) is 4.74 Å². The van der Waals surface area contributed by atoms with Crippen molar-refractivity contribution < 1.29 is 4.74 Å². The molecule has 0 N–H and O–H groups in total. The summed E-state index contributed by atoms with van der Waals surface area (Å²) in [5, 5.41) is 0. The standard InChI is InChI=1S/C17H24O/c1-16(2,3)13-10-11-18-15-12(13)8-7-9-14(15)17(4,5)6/h7-10H,11H2,1-6H3. The van der Waals surface area contributed by atoms with Crippen LogP contribution in [0, 0.1) is 5.41 Å². The molecule has 1 heterocycles. The first-order valence-electron chi connectivity index (χ1n) is 6.68. The van der Waals surface area contributed by atoms with Gasteiger partial charge in [0.15, 0.2) is 0 Å². The molecule has 0 unspecified atom stereocenters. The van der Waals surface area contributed by atoms with Crippen LogP contribution < -0.4 is 4.74 Å². The lowest BCUT2D eigenvalue weighted by molar-refractivity contribution is 0.341. The molecule has 1 heteroatoms. The highest BCUT2D eigenvalue weighted by Crippen LogP contribution is 2.44. The largest absolute Gasteiger partial charge is 0.489 e. The van der Waals surface area contributed by atoms with Crippen molar-refractivity contribution in [1.82, 2.24) is 0 Å². The van der Waals surface area contributed by atoms with E-state index in [2.05, 4.69) is 65.8 Å². The number of ether oxygens (including phenoxy) is 1. The average molecular weight is 244 g/mol. The van der Waals surface area contributed by atoms with Crippen LogP contribution in [-0.2, 0) is 5.41 Å². The molecule has 98 valence electrons. The molecule has 1 nitrogen and oxygen atoms in total. The van der Waals surface area contributed by atoms with Gasteiger partial charge in [0.05, 0.1) is 0 Å². The quantitative estimate of drug-likeness (QED) is 0.636. The molecule has 0 amide bonds. The minimum absolute atomic E-state index is 0.117. The highest BCUT2D eigenvalue weighted by atomic mass is 16.5. The van der Waals surface area contributed by atoms with Gasteiger partial charge in [0.2, 0.25) is 0 Å². The van der Waals surface area contributed by atoms with E-state index in [0.29, 0.717) is 6.61 Å². The third-order valence-electron chi connectivity index (χ3n) is 3.44. The summed E-state index contributed by atoms with van der Waals surface area (Å²) < 4.78 is 5.93. The van der Waals surface area contributed by atoms with Gasteiger partial charge in [0.25, 0.3) is 0 Å². The fraction of sp³-hybridized carbons (Fsp3) is 0.529. The van der Waals surface area contributed by atoms with Crippen LogP contribution in [0.4, 0.5) is 0 Å². The first-order chi connectivity index (χ1) is 8.21. The van der Waals surface area contributed by atoms with Gasteiger partial charge in [-0.2, -0.15) is 0 Å². The predicted molar refractivity (Wildman–Crippen MR) is 78.1 cm³/mol. The van der Waals surface area contributed by atoms with E-state index in [1.54, 1.807) is 0 Å². The Hall–Kier alpha value is -1.24. The summed E-state index contributed by atoms with van der Waals surface area (Å²) in [5.41, 5.74) is 4.24. The number of hydrogen-bond donors (Lipinski definition) is 0. The van der Waals surface area contributed by atoms with Crippen molar-refractivity contribution in [2.45, 2.75) is 47.0 Å². The van der Waals surface area contributed by atoms with Gasteiger partial charge in [-0.15, -0.1) is 0 Å². The smallest absolute Gasteiger partial charge is 0.131 e. The van der Waals surface area contributed by atoms with Gasteiger partial charge in [-0.05, 0) is 22.5 Å². The average Bonchev–Trinajstić information content (AvgIpc) is 2.24. The van der Waals surface area contributed by atoms with Crippen molar-refractivity contribution in [3.8, 4) is 5.75 Å². The predicted octanol–water partition coefficient (Wildman–Crippen LogP) is 4.81. The Labute approximate surface area is 111 Å². The van der Waals surface area contributed by atoms with Gasteiger partial charge >= 0.3 is 0 Å². The SMILES string of the molecule is CC(C)(C)C1=CCOc2c1cccc2C(C)(C)C. The van der Waals surface area contributed by atoms with Gasteiger partial charge in [-0.1, -0.05) is 59.7 Å². The second-order valence-electron chi connectivity index (χ2n) is 7.11. The fourth-order valence-corrected chi connectivity index (χ4v) is 2.52. The molecular formula is C17H24O. The van der Waals surface area contributed by atoms with Gasteiger partial charge in [0, 0.05) is 11.1 Å². The molecule has 0 saturated carbocycles. The Morgan fingerprint density at radius 2 is 1.61 bits per heavy atom. The maximum atomic E-state index is 5.93. The summed E-state index contributed by atoms with van der Waals surface area (Å²) in [5.74, 6) is 1.08.